The quantitative estimate of drug-likeness (QED) is 0.434. The molecule has 2 aromatic carbocycles. The molecule has 1 saturated heterocycles. The minimum atomic E-state index is -0.437. The number of benzene rings is 2. The Morgan fingerprint density at radius 3 is 2.46 bits per heavy atom. The maximum atomic E-state index is 14.0. The number of ether oxygens (including phenoxy) is 3. The van der Waals surface area contributed by atoms with Gasteiger partial charge in [-0.05, 0) is 42.7 Å². The zero-order chi connectivity index (χ0) is 28.8. The zero-order valence-electron chi connectivity index (χ0n) is 23.9. The van der Waals surface area contributed by atoms with Crippen molar-refractivity contribution in [1.82, 2.24) is 14.8 Å². The molecular formula is C31H39FN4O5. The number of carbonyl (C=O) groups excluding carboxylic acids is 2. The van der Waals surface area contributed by atoms with Crippen molar-refractivity contribution in [2.45, 2.75) is 38.1 Å². The van der Waals surface area contributed by atoms with E-state index in [1.165, 1.54) is 17.1 Å². The highest BCUT2D eigenvalue weighted by Gasteiger charge is 2.36. The predicted octanol–water partition coefficient (Wildman–Crippen LogP) is 3.87. The molecule has 2 aliphatic heterocycles. The van der Waals surface area contributed by atoms with Crippen LogP contribution in [-0.4, -0.2) is 92.5 Å². The second-order valence-electron chi connectivity index (χ2n) is 10.8. The number of rotatable bonds is 10. The molecule has 10 heteroatoms. The molecule has 0 unspecified atom stereocenters. The highest BCUT2D eigenvalue weighted by atomic mass is 19.1. The summed E-state index contributed by atoms with van der Waals surface area (Å²) >= 11 is 0. The van der Waals surface area contributed by atoms with Gasteiger partial charge < -0.3 is 19.1 Å². The Balaban J connectivity index is 1.41. The first-order valence-corrected chi connectivity index (χ1v) is 14.4. The van der Waals surface area contributed by atoms with Crippen molar-refractivity contribution in [3.8, 4) is 11.5 Å². The number of morpholine rings is 1. The van der Waals surface area contributed by atoms with Gasteiger partial charge in [0, 0.05) is 50.1 Å². The molecule has 1 atom stereocenters. The van der Waals surface area contributed by atoms with Crippen molar-refractivity contribution in [3.63, 3.8) is 0 Å². The van der Waals surface area contributed by atoms with E-state index >= 15 is 0 Å². The number of hydrogen-bond donors (Lipinski definition) is 0. The van der Waals surface area contributed by atoms with Crippen LogP contribution in [0.2, 0.25) is 0 Å². The third-order valence-corrected chi connectivity index (χ3v) is 8.27. The van der Waals surface area contributed by atoms with E-state index in [9.17, 15) is 14.0 Å². The van der Waals surface area contributed by atoms with Crippen LogP contribution in [0.1, 0.15) is 49.3 Å². The second kappa shape index (κ2) is 13.4. The first-order chi connectivity index (χ1) is 20.0. The summed E-state index contributed by atoms with van der Waals surface area (Å²) in [5.74, 6) is 0.616. The average molecular weight is 567 g/mol. The van der Waals surface area contributed by atoms with Crippen molar-refractivity contribution in [1.29, 1.82) is 0 Å². The largest absolute Gasteiger partial charge is 0.497 e. The Bertz CT molecular complexity index is 1240. The number of hydrazone groups is 1. The standard InChI is InChI=1S/C31H39FN4O5/c1-39-25-11-12-26(29(19-25)40-2)27-20-28(22-7-9-24(32)10-8-22)36(33-27)30(37)21-35(31(38)23-5-3-4-6-23)14-13-34-15-17-41-18-16-34/h7-12,19,23,28H,3-6,13-18,20-21H2,1-2H3/t28-/m1/s1. The van der Waals surface area contributed by atoms with E-state index in [0.717, 1.165) is 49.9 Å². The molecule has 0 N–H and O–H groups in total. The van der Waals surface area contributed by atoms with Crippen LogP contribution in [0.3, 0.4) is 0 Å². The van der Waals surface area contributed by atoms with E-state index < -0.39 is 6.04 Å². The van der Waals surface area contributed by atoms with Crippen LogP contribution in [0.4, 0.5) is 4.39 Å². The van der Waals surface area contributed by atoms with Gasteiger partial charge in [-0.1, -0.05) is 25.0 Å². The normalized spacial score (nSPS) is 19.7. The third-order valence-electron chi connectivity index (χ3n) is 8.27. The van der Waals surface area contributed by atoms with Gasteiger partial charge in [0.05, 0.1) is 39.2 Å². The zero-order valence-corrected chi connectivity index (χ0v) is 23.9. The molecule has 0 spiro atoms. The van der Waals surface area contributed by atoms with Gasteiger partial charge in [0.1, 0.15) is 23.9 Å². The van der Waals surface area contributed by atoms with Crippen molar-refractivity contribution in [2.75, 3.05) is 60.2 Å². The molecule has 3 aliphatic rings. The summed E-state index contributed by atoms with van der Waals surface area (Å²) in [6, 6.07) is 11.2. The average Bonchev–Trinajstić information content (AvgIpc) is 3.71. The Labute approximate surface area is 240 Å². The van der Waals surface area contributed by atoms with Crippen molar-refractivity contribution in [2.24, 2.45) is 11.0 Å². The molecule has 0 radical (unpaired) electrons. The Hall–Kier alpha value is -3.50. The third kappa shape index (κ3) is 6.87. The van der Waals surface area contributed by atoms with Crippen molar-refractivity contribution < 1.29 is 28.2 Å². The predicted molar refractivity (Wildman–Crippen MR) is 152 cm³/mol. The van der Waals surface area contributed by atoms with E-state index in [1.807, 2.05) is 12.1 Å². The number of nitrogens with zero attached hydrogens (tertiary/aromatic N) is 4. The lowest BCUT2D eigenvalue weighted by Crippen LogP contribution is -2.47. The molecule has 1 saturated carbocycles. The lowest BCUT2D eigenvalue weighted by Gasteiger charge is -2.32. The molecule has 2 fully saturated rings. The smallest absolute Gasteiger partial charge is 0.262 e. The maximum absolute atomic E-state index is 14.0. The lowest BCUT2D eigenvalue weighted by atomic mass is 9.97. The molecule has 5 rings (SSSR count). The van der Waals surface area contributed by atoms with Gasteiger partial charge >= 0.3 is 0 Å². The summed E-state index contributed by atoms with van der Waals surface area (Å²) in [4.78, 5) is 31.6. The van der Waals surface area contributed by atoms with Gasteiger partial charge in [-0.3, -0.25) is 14.5 Å². The van der Waals surface area contributed by atoms with Gasteiger partial charge in [-0.15, -0.1) is 0 Å². The van der Waals surface area contributed by atoms with Crippen LogP contribution >= 0.6 is 0 Å². The van der Waals surface area contributed by atoms with Crippen LogP contribution < -0.4 is 9.47 Å². The molecule has 0 aromatic heterocycles. The first-order valence-electron chi connectivity index (χ1n) is 14.4. The molecule has 2 aromatic rings. The summed E-state index contributed by atoms with van der Waals surface area (Å²) in [7, 11) is 3.17. The summed E-state index contributed by atoms with van der Waals surface area (Å²) in [5, 5.41) is 6.25. The van der Waals surface area contributed by atoms with Crippen LogP contribution in [0.5, 0.6) is 11.5 Å². The fourth-order valence-corrected chi connectivity index (χ4v) is 5.91. The lowest BCUT2D eigenvalue weighted by molar-refractivity contribution is -0.144. The van der Waals surface area contributed by atoms with Crippen molar-refractivity contribution in [3.05, 3.63) is 59.4 Å². The fraction of sp³-hybridized carbons (Fsp3) is 0.516. The Morgan fingerprint density at radius 1 is 1.05 bits per heavy atom. The number of amides is 2. The minimum Gasteiger partial charge on any atom is -0.497 e. The molecule has 2 amide bonds. The van der Waals surface area contributed by atoms with Gasteiger partial charge in [-0.25, -0.2) is 9.40 Å². The Kier molecular flexibility index (Phi) is 9.51. The summed E-state index contributed by atoms with van der Waals surface area (Å²) in [5.41, 5.74) is 2.20. The molecule has 0 bridgehead atoms. The summed E-state index contributed by atoms with van der Waals surface area (Å²) in [6.07, 6.45) is 4.23. The van der Waals surface area contributed by atoms with E-state index in [4.69, 9.17) is 19.3 Å². The van der Waals surface area contributed by atoms with E-state index in [0.29, 0.717) is 49.9 Å². The first kappa shape index (κ1) is 29.0. The second-order valence-corrected chi connectivity index (χ2v) is 10.8. The SMILES string of the molecule is COc1ccc(C2=NN(C(=O)CN(CCN3CCOCC3)C(=O)C3CCCC3)[C@@H](c3ccc(F)cc3)C2)c(OC)c1. The monoisotopic (exact) mass is 566 g/mol. The molecule has 1 aliphatic carbocycles. The number of hydrogen-bond acceptors (Lipinski definition) is 7. The van der Waals surface area contributed by atoms with E-state index in [-0.39, 0.29) is 30.1 Å². The molecule has 220 valence electrons. The minimum absolute atomic E-state index is 0.0402. The van der Waals surface area contributed by atoms with Crippen LogP contribution in [0.25, 0.3) is 0 Å². The molecular weight excluding hydrogens is 527 g/mol. The number of carbonyl (C=O) groups is 2. The fourth-order valence-electron chi connectivity index (χ4n) is 5.91. The van der Waals surface area contributed by atoms with Gasteiger partial charge in [0.15, 0.2) is 0 Å². The topological polar surface area (TPSA) is 83.9 Å². The summed E-state index contributed by atoms with van der Waals surface area (Å²) in [6.45, 7) is 4.08. The molecule has 41 heavy (non-hydrogen) atoms. The Morgan fingerprint density at radius 2 is 1.78 bits per heavy atom. The highest BCUT2D eigenvalue weighted by Crippen LogP contribution is 2.36. The molecule has 9 nitrogen and oxygen atoms in total. The van der Waals surface area contributed by atoms with Crippen LogP contribution in [0, 0.1) is 11.7 Å². The molecule has 2 heterocycles. The van der Waals surface area contributed by atoms with Gasteiger partial charge in [-0.2, -0.15) is 5.10 Å². The van der Waals surface area contributed by atoms with E-state index in [1.54, 1.807) is 37.3 Å². The van der Waals surface area contributed by atoms with Gasteiger partial charge in [0.25, 0.3) is 5.91 Å². The maximum Gasteiger partial charge on any atom is 0.262 e. The highest BCUT2D eigenvalue weighted by molar-refractivity contribution is 6.05. The van der Waals surface area contributed by atoms with Crippen LogP contribution in [-0.2, 0) is 14.3 Å². The van der Waals surface area contributed by atoms with Crippen molar-refractivity contribution >= 4 is 17.5 Å². The van der Waals surface area contributed by atoms with Gasteiger partial charge in [0.2, 0.25) is 5.91 Å². The number of methoxy groups -OCH3 is 2. The van der Waals surface area contributed by atoms with Crippen LogP contribution in [0.15, 0.2) is 47.6 Å². The van der Waals surface area contributed by atoms with E-state index in [2.05, 4.69) is 4.90 Å². The summed E-state index contributed by atoms with van der Waals surface area (Å²) < 4.78 is 30.2. The number of halogens is 1.